The maximum Gasteiger partial charge on any atom is 0.0684 e. The van der Waals surface area contributed by atoms with Gasteiger partial charge in [0.15, 0.2) is 0 Å². The molecule has 3 aromatic carbocycles. The maximum atomic E-state index is 3.18. The van der Waals surface area contributed by atoms with Crippen LogP contribution < -0.4 is 10.0 Å². The highest BCUT2D eigenvalue weighted by Crippen LogP contribution is 2.39. The molecule has 0 saturated heterocycles. The van der Waals surface area contributed by atoms with Crippen LogP contribution in [0, 0.1) is 6.07 Å². The molecule has 3 aromatic rings. The number of anilines is 3. The third-order valence-corrected chi connectivity index (χ3v) is 3.77. The van der Waals surface area contributed by atoms with Crippen LogP contribution in [0.15, 0.2) is 78.9 Å². The predicted molar refractivity (Wildman–Crippen MR) is 86.5 cm³/mol. The van der Waals surface area contributed by atoms with E-state index in [0.717, 1.165) is 6.54 Å². The number of rotatable bonds is 2. The van der Waals surface area contributed by atoms with Crippen LogP contribution in [0.4, 0.5) is 17.1 Å². The highest BCUT2D eigenvalue weighted by atomic mass is 15.6. The summed E-state index contributed by atoms with van der Waals surface area (Å²) < 4.78 is 0. The molecule has 21 heavy (non-hydrogen) atoms. The molecule has 0 amide bonds. The number of benzene rings is 3. The molecule has 4 rings (SSSR count). The van der Waals surface area contributed by atoms with E-state index < -0.39 is 0 Å². The van der Waals surface area contributed by atoms with Crippen molar-refractivity contribution in [1.29, 1.82) is 0 Å². The first-order valence-corrected chi connectivity index (χ1v) is 7.10. The molecule has 0 fully saturated rings. The molecule has 0 unspecified atom stereocenters. The fourth-order valence-corrected chi connectivity index (χ4v) is 2.81. The highest BCUT2D eigenvalue weighted by molar-refractivity contribution is 5.76. The minimum Gasteiger partial charge on any atom is -0.276 e. The minimum atomic E-state index is 0.867. The highest BCUT2D eigenvalue weighted by Gasteiger charge is 2.28. The lowest BCUT2D eigenvalue weighted by Crippen LogP contribution is -2.33. The standard InChI is InChI=1S/C19H15N2/c1-3-10-17(11-4-1)20-15-16-9-7-8-14-19(16)21(20)18-12-5-2-6-13-18/h1-6,8-14H,15H2. The fourth-order valence-electron chi connectivity index (χ4n) is 2.81. The lowest BCUT2D eigenvalue weighted by Gasteiger charge is -2.32. The summed E-state index contributed by atoms with van der Waals surface area (Å²) >= 11 is 0. The summed E-state index contributed by atoms with van der Waals surface area (Å²) in [7, 11) is 0. The van der Waals surface area contributed by atoms with Gasteiger partial charge >= 0.3 is 0 Å². The molecule has 1 radical (unpaired) electrons. The lowest BCUT2D eigenvalue weighted by molar-refractivity contribution is 0.877. The second-order valence-corrected chi connectivity index (χ2v) is 5.10. The Bertz CT molecular complexity index is 738. The van der Waals surface area contributed by atoms with E-state index in [4.69, 9.17) is 0 Å². The Morgan fingerprint density at radius 3 is 2.14 bits per heavy atom. The average Bonchev–Trinajstić information content (AvgIpc) is 2.96. The zero-order valence-corrected chi connectivity index (χ0v) is 11.6. The minimum absolute atomic E-state index is 0.867. The molecule has 0 saturated carbocycles. The Morgan fingerprint density at radius 1 is 0.762 bits per heavy atom. The predicted octanol–water partition coefficient (Wildman–Crippen LogP) is 4.56. The average molecular weight is 271 g/mol. The van der Waals surface area contributed by atoms with Crippen molar-refractivity contribution in [3.05, 3.63) is 90.5 Å². The van der Waals surface area contributed by atoms with Crippen LogP contribution in [0.3, 0.4) is 0 Å². The summed E-state index contributed by atoms with van der Waals surface area (Å²) in [5.41, 5.74) is 4.89. The number of fused-ring (bicyclic) bond motifs is 1. The van der Waals surface area contributed by atoms with E-state index >= 15 is 0 Å². The second-order valence-electron chi connectivity index (χ2n) is 5.10. The van der Waals surface area contributed by atoms with Crippen LogP contribution >= 0.6 is 0 Å². The van der Waals surface area contributed by atoms with Crippen LogP contribution in [0.1, 0.15) is 5.56 Å². The van der Waals surface area contributed by atoms with E-state index in [0.29, 0.717) is 0 Å². The van der Waals surface area contributed by atoms with E-state index in [1.165, 1.54) is 22.6 Å². The van der Waals surface area contributed by atoms with E-state index in [2.05, 4.69) is 76.7 Å². The molecule has 101 valence electrons. The smallest absolute Gasteiger partial charge is 0.0684 e. The van der Waals surface area contributed by atoms with Crippen molar-refractivity contribution >= 4 is 17.1 Å². The Hall–Kier alpha value is -2.74. The quantitative estimate of drug-likeness (QED) is 0.674. The van der Waals surface area contributed by atoms with Gasteiger partial charge in [-0.15, -0.1) is 0 Å². The van der Waals surface area contributed by atoms with Gasteiger partial charge in [0, 0.05) is 0 Å². The Balaban J connectivity index is 1.85. The van der Waals surface area contributed by atoms with E-state index in [9.17, 15) is 0 Å². The van der Waals surface area contributed by atoms with Gasteiger partial charge in [0.05, 0.1) is 23.6 Å². The topological polar surface area (TPSA) is 6.48 Å². The van der Waals surface area contributed by atoms with Gasteiger partial charge in [-0.05, 0) is 48.0 Å². The van der Waals surface area contributed by atoms with Crippen molar-refractivity contribution in [3.63, 3.8) is 0 Å². The number of hydrogen-bond donors (Lipinski definition) is 0. The van der Waals surface area contributed by atoms with Gasteiger partial charge < -0.3 is 0 Å². The zero-order valence-electron chi connectivity index (χ0n) is 11.6. The van der Waals surface area contributed by atoms with Crippen molar-refractivity contribution in [1.82, 2.24) is 0 Å². The maximum absolute atomic E-state index is 3.18. The molecule has 0 spiro atoms. The van der Waals surface area contributed by atoms with Gasteiger partial charge in [-0.1, -0.05) is 42.5 Å². The molecule has 0 atom stereocenters. The molecule has 0 aliphatic carbocycles. The van der Waals surface area contributed by atoms with Gasteiger partial charge in [0.25, 0.3) is 0 Å². The fraction of sp³-hybridized carbons (Fsp3) is 0.0526. The van der Waals surface area contributed by atoms with Crippen LogP contribution in [-0.2, 0) is 6.54 Å². The third kappa shape index (κ3) is 2.05. The normalized spacial score (nSPS) is 13.3. The van der Waals surface area contributed by atoms with Crippen molar-refractivity contribution in [3.8, 4) is 0 Å². The summed E-state index contributed by atoms with van der Waals surface area (Å²) in [6.07, 6.45) is 0. The van der Waals surface area contributed by atoms with Gasteiger partial charge in [0.1, 0.15) is 0 Å². The van der Waals surface area contributed by atoms with Crippen molar-refractivity contribution in [2.24, 2.45) is 0 Å². The third-order valence-electron chi connectivity index (χ3n) is 3.77. The van der Waals surface area contributed by atoms with Crippen molar-refractivity contribution in [2.75, 3.05) is 10.0 Å². The van der Waals surface area contributed by atoms with E-state index in [-0.39, 0.29) is 0 Å². The Labute approximate surface area is 124 Å². The molecule has 0 N–H and O–H groups in total. The van der Waals surface area contributed by atoms with Crippen molar-refractivity contribution in [2.45, 2.75) is 6.54 Å². The monoisotopic (exact) mass is 271 g/mol. The number of hydrazine groups is 1. The van der Waals surface area contributed by atoms with Crippen LogP contribution in [0.2, 0.25) is 0 Å². The number of para-hydroxylation sites is 2. The molecular weight excluding hydrogens is 256 g/mol. The first kappa shape index (κ1) is 12.0. The summed E-state index contributed by atoms with van der Waals surface area (Å²) in [5.74, 6) is 0. The van der Waals surface area contributed by atoms with Crippen LogP contribution in [0.5, 0.6) is 0 Å². The van der Waals surface area contributed by atoms with E-state index in [1.54, 1.807) is 0 Å². The lowest BCUT2D eigenvalue weighted by atomic mass is 10.2. The molecule has 1 aliphatic rings. The molecule has 0 aromatic heterocycles. The molecular formula is C19H15N2. The molecule has 0 bridgehead atoms. The summed E-state index contributed by atoms with van der Waals surface area (Å²) in [4.78, 5) is 0. The van der Waals surface area contributed by atoms with Gasteiger partial charge in [-0.3, -0.25) is 10.0 Å². The molecule has 2 heteroatoms. The van der Waals surface area contributed by atoms with Gasteiger partial charge in [-0.25, -0.2) is 0 Å². The van der Waals surface area contributed by atoms with Crippen LogP contribution in [0.25, 0.3) is 0 Å². The van der Waals surface area contributed by atoms with Gasteiger partial charge in [-0.2, -0.15) is 0 Å². The second kappa shape index (κ2) is 4.98. The van der Waals surface area contributed by atoms with Crippen molar-refractivity contribution < 1.29 is 0 Å². The number of hydrogen-bond acceptors (Lipinski definition) is 2. The largest absolute Gasteiger partial charge is 0.276 e. The van der Waals surface area contributed by atoms with Gasteiger partial charge in [0.2, 0.25) is 0 Å². The zero-order chi connectivity index (χ0) is 14.1. The first-order chi connectivity index (χ1) is 10.4. The summed E-state index contributed by atoms with van der Waals surface area (Å²) in [6.45, 7) is 0.867. The first-order valence-electron chi connectivity index (χ1n) is 7.10. The molecule has 1 aliphatic heterocycles. The summed E-state index contributed by atoms with van der Waals surface area (Å²) in [6, 6.07) is 30.3. The summed E-state index contributed by atoms with van der Waals surface area (Å²) in [5, 5.41) is 4.58. The Morgan fingerprint density at radius 2 is 1.43 bits per heavy atom. The van der Waals surface area contributed by atoms with E-state index in [1.807, 2.05) is 18.2 Å². The van der Waals surface area contributed by atoms with Crippen LogP contribution in [-0.4, -0.2) is 0 Å². The molecule has 1 heterocycles. The SMILES string of the molecule is [c]1ccc2c(c1)CN(c1ccccc1)N2c1ccccc1. The number of nitrogens with zero attached hydrogens (tertiary/aromatic N) is 2. The molecule has 2 nitrogen and oxygen atoms in total. The Kier molecular flexibility index (Phi) is 2.86.